The summed E-state index contributed by atoms with van der Waals surface area (Å²) in [5.41, 5.74) is 2.72. The number of hydrogen-bond acceptors (Lipinski definition) is 3. The van der Waals surface area contributed by atoms with Gasteiger partial charge in [-0.25, -0.2) is 14.3 Å². The Balaban J connectivity index is 1.72. The smallest absolute Gasteiger partial charge is 0.328 e. The van der Waals surface area contributed by atoms with E-state index in [1.165, 1.54) is 0 Å². The van der Waals surface area contributed by atoms with Gasteiger partial charge in [-0.15, -0.1) is 0 Å². The second-order valence-electron chi connectivity index (χ2n) is 5.61. The number of amides is 1. The molecule has 122 valence electrons. The van der Waals surface area contributed by atoms with Crippen LogP contribution in [-0.4, -0.2) is 22.7 Å². The van der Waals surface area contributed by atoms with Gasteiger partial charge in [0.2, 0.25) is 0 Å². The molecule has 1 aromatic heterocycles. The Morgan fingerprint density at radius 3 is 2.62 bits per heavy atom. The zero-order valence-corrected chi connectivity index (χ0v) is 15.9. The highest BCUT2D eigenvalue weighted by atomic mass is 79.9. The minimum Gasteiger partial charge on any atom is -0.497 e. The van der Waals surface area contributed by atoms with Crippen LogP contribution in [0.4, 0.5) is 4.79 Å². The molecular formula is C17H13Br2N3O2. The first kappa shape index (κ1) is 15.7. The number of carbonyl (C=O) groups is 1. The quantitative estimate of drug-likeness (QED) is 0.642. The highest BCUT2D eigenvalue weighted by Crippen LogP contribution is 2.33. The zero-order chi connectivity index (χ0) is 16.8. The van der Waals surface area contributed by atoms with Gasteiger partial charge < -0.3 is 10.1 Å². The van der Waals surface area contributed by atoms with Gasteiger partial charge in [-0.1, -0.05) is 12.1 Å². The molecule has 1 aliphatic rings. The number of fused-ring (bicyclic) bond motifs is 3. The number of nitrogens with zero attached hydrogens (tertiary/aromatic N) is 2. The molecule has 2 aromatic carbocycles. The Hall–Kier alpha value is -1.86. The molecule has 0 saturated carbocycles. The largest absolute Gasteiger partial charge is 0.497 e. The van der Waals surface area contributed by atoms with Crippen LogP contribution in [0.1, 0.15) is 17.4 Å². The first-order chi connectivity index (χ1) is 11.6. The fourth-order valence-electron chi connectivity index (χ4n) is 2.96. The lowest BCUT2D eigenvalue weighted by atomic mass is 10.1. The molecule has 1 atom stereocenters. The first-order valence-corrected chi connectivity index (χ1v) is 8.96. The summed E-state index contributed by atoms with van der Waals surface area (Å²) in [5.74, 6) is 1.56. The number of aromatic nitrogens is 2. The number of nitrogens with one attached hydrogen (secondary N) is 1. The molecule has 0 bridgehead atoms. The van der Waals surface area contributed by atoms with Crippen molar-refractivity contribution in [1.29, 1.82) is 0 Å². The van der Waals surface area contributed by atoms with E-state index >= 15 is 0 Å². The van der Waals surface area contributed by atoms with Crippen molar-refractivity contribution in [2.45, 2.75) is 12.5 Å². The third-order valence-corrected chi connectivity index (χ3v) is 5.98. The monoisotopic (exact) mass is 449 g/mol. The van der Waals surface area contributed by atoms with Crippen molar-refractivity contribution in [2.75, 3.05) is 7.11 Å². The van der Waals surface area contributed by atoms with Crippen molar-refractivity contribution in [2.24, 2.45) is 0 Å². The minimum absolute atomic E-state index is 0.139. The molecule has 0 saturated heterocycles. The van der Waals surface area contributed by atoms with Crippen molar-refractivity contribution in [3.8, 4) is 5.75 Å². The number of benzene rings is 2. The molecule has 2 heterocycles. The molecule has 0 fully saturated rings. The molecule has 4 rings (SSSR count). The average Bonchev–Trinajstić information content (AvgIpc) is 3.07. The Morgan fingerprint density at radius 2 is 1.92 bits per heavy atom. The molecule has 1 amide bonds. The van der Waals surface area contributed by atoms with E-state index in [0.29, 0.717) is 6.42 Å². The lowest BCUT2D eigenvalue weighted by Crippen LogP contribution is -2.22. The van der Waals surface area contributed by atoms with Gasteiger partial charge in [0.25, 0.3) is 0 Å². The number of rotatable bonds is 3. The van der Waals surface area contributed by atoms with E-state index in [4.69, 9.17) is 4.74 Å². The fraction of sp³-hybridized carbons (Fsp3) is 0.176. The topological polar surface area (TPSA) is 56.1 Å². The van der Waals surface area contributed by atoms with E-state index in [1.807, 2.05) is 36.4 Å². The number of hydrogen-bond donors (Lipinski definition) is 1. The highest BCUT2D eigenvalue weighted by molar-refractivity contribution is 9.13. The number of carbonyl (C=O) groups excluding carboxylic acids is 1. The standard InChI is InChI=1S/C17H13Br2N3O2/c1-24-10-4-2-9(3-5-10)6-14-16-20-13-7-11(18)12(19)8-15(13)22(16)17(23)21-14/h2-5,7-8,14H,6H2,1H3,(H,21,23). The van der Waals surface area contributed by atoms with Gasteiger partial charge in [0.05, 0.1) is 24.2 Å². The molecule has 0 aliphatic carbocycles. The summed E-state index contributed by atoms with van der Waals surface area (Å²) in [7, 11) is 1.64. The maximum atomic E-state index is 12.4. The molecular weight excluding hydrogens is 438 g/mol. The molecule has 5 nitrogen and oxygen atoms in total. The van der Waals surface area contributed by atoms with Gasteiger partial charge in [0.1, 0.15) is 11.6 Å². The first-order valence-electron chi connectivity index (χ1n) is 7.38. The molecule has 1 aliphatic heterocycles. The molecule has 24 heavy (non-hydrogen) atoms. The van der Waals surface area contributed by atoms with Crippen molar-refractivity contribution in [1.82, 2.24) is 14.9 Å². The average molecular weight is 451 g/mol. The van der Waals surface area contributed by atoms with Crippen molar-refractivity contribution in [3.63, 3.8) is 0 Å². The summed E-state index contributed by atoms with van der Waals surface area (Å²) in [6, 6.07) is 11.4. The maximum absolute atomic E-state index is 12.4. The lowest BCUT2D eigenvalue weighted by Gasteiger charge is -2.09. The normalized spacial score (nSPS) is 16.3. The summed E-state index contributed by atoms with van der Waals surface area (Å²) in [5, 5.41) is 3.01. The number of imidazole rings is 1. The van der Waals surface area contributed by atoms with Gasteiger partial charge in [0, 0.05) is 8.95 Å². The van der Waals surface area contributed by atoms with E-state index in [2.05, 4.69) is 42.2 Å². The van der Waals surface area contributed by atoms with Gasteiger partial charge in [-0.2, -0.15) is 0 Å². The second-order valence-corrected chi connectivity index (χ2v) is 7.32. The van der Waals surface area contributed by atoms with Gasteiger partial charge in [0.15, 0.2) is 0 Å². The Morgan fingerprint density at radius 1 is 1.21 bits per heavy atom. The summed E-state index contributed by atoms with van der Waals surface area (Å²) in [4.78, 5) is 17.1. The van der Waals surface area contributed by atoms with Crippen molar-refractivity contribution >= 4 is 48.9 Å². The van der Waals surface area contributed by atoms with Crippen molar-refractivity contribution in [3.05, 3.63) is 56.7 Å². The van der Waals surface area contributed by atoms with E-state index in [-0.39, 0.29) is 12.1 Å². The molecule has 7 heteroatoms. The third kappa shape index (κ3) is 2.52. The van der Waals surface area contributed by atoms with Crippen LogP contribution >= 0.6 is 31.9 Å². The predicted molar refractivity (Wildman–Crippen MR) is 98.5 cm³/mol. The SMILES string of the molecule is COc1ccc(CC2NC(=O)n3c2nc2cc(Br)c(Br)cc23)cc1. The summed E-state index contributed by atoms with van der Waals surface area (Å²) < 4.78 is 8.64. The number of methoxy groups -OCH3 is 1. The highest BCUT2D eigenvalue weighted by Gasteiger charge is 2.32. The Bertz CT molecular complexity index is 951. The number of halogens is 2. The Kier molecular flexibility index (Phi) is 3.85. The van der Waals surface area contributed by atoms with Crippen LogP contribution in [0, 0.1) is 0 Å². The van der Waals surface area contributed by atoms with Crippen LogP contribution in [0.25, 0.3) is 11.0 Å². The maximum Gasteiger partial charge on any atom is 0.328 e. The van der Waals surface area contributed by atoms with E-state index in [9.17, 15) is 4.79 Å². The summed E-state index contributed by atoms with van der Waals surface area (Å²) in [6.45, 7) is 0. The molecule has 0 spiro atoms. The molecule has 3 aromatic rings. The van der Waals surface area contributed by atoms with E-state index in [1.54, 1.807) is 11.7 Å². The van der Waals surface area contributed by atoms with Crippen LogP contribution in [0.2, 0.25) is 0 Å². The van der Waals surface area contributed by atoms with Crippen LogP contribution in [0.15, 0.2) is 45.3 Å². The van der Waals surface area contributed by atoms with Crippen LogP contribution in [0.5, 0.6) is 5.75 Å². The van der Waals surface area contributed by atoms with Crippen LogP contribution in [0.3, 0.4) is 0 Å². The van der Waals surface area contributed by atoms with E-state index in [0.717, 1.165) is 37.1 Å². The minimum atomic E-state index is -0.143. The fourth-order valence-corrected chi connectivity index (χ4v) is 3.62. The summed E-state index contributed by atoms with van der Waals surface area (Å²) in [6.07, 6.45) is 0.682. The van der Waals surface area contributed by atoms with Crippen molar-refractivity contribution < 1.29 is 9.53 Å². The summed E-state index contributed by atoms with van der Waals surface area (Å²) >= 11 is 6.96. The molecule has 1 N–H and O–H groups in total. The Labute approximate surface area is 155 Å². The predicted octanol–water partition coefficient (Wildman–Crippen LogP) is 4.43. The van der Waals surface area contributed by atoms with E-state index < -0.39 is 0 Å². The van der Waals surface area contributed by atoms with Gasteiger partial charge >= 0.3 is 6.03 Å². The number of ether oxygens (including phenoxy) is 1. The zero-order valence-electron chi connectivity index (χ0n) is 12.7. The molecule has 1 unspecified atom stereocenters. The third-order valence-electron chi connectivity index (χ3n) is 4.13. The lowest BCUT2D eigenvalue weighted by molar-refractivity contribution is 0.245. The van der Waals surface area contributed by atoms with Crippen LogP contribution in [-0.2, 0) is 6.42 Å². The van der Waals surface area contributed by atoms with Gasteiger partial charge in [-0.05, 0) is 68.1 Å². The molecule has 0 radical (unpaired) electrons. The van der Waals surface area contributed by atoms with Gasteiger partial charge in [-0.3, -0.25) is 0 Å². The van der Waals surface area contributed by atoms with Crippen LogP contribution < -0.4 is 10.1 Å². The second kappa shape index (κ2) is 5.89.